The maximum Gasteiger partial charge on any atom is 0.253 e. The van der Waals surface area contributed by atoms with E-state index < -0.39 is 15.9 Å². The number of sulfone groups is 1. The van der Waals surface area contributed by atoms with Gasteiger partial charge in [-0.25, -0.2) is 17.8 Å². The first-order valence-corrected chi connectivity index (χ1v) is 9.58. The minimum atomic E-state index is -3.23. The van der Waals surface area contributed by atoms with Crippen LogP contribution < -0.4 is 5.32 Å². The molecule has 132 valence electrons. The van der Waals surface area contributed by atoms with E-state index in [0.29, 0.717) is 16.9 Å². The Bertz CT molecular complexity index is 1130. The van der Waals surface area contributed by atoms with Crippen molar-refractivity contribution < 1.29 is 17.6 Å². The minimum Gasteiger partial charge on any atom is -0.345 e. The van der Waals surface area contributed by atoms with E-state index in [-0.39, 0.29) is 17.5 Å². The van der Waals surface area contributed by atoms with Gasteiger partial charge in [-0.05, 0) is 42.5 Å². The molecule has 1 aromatic carbocycles. The molecule has 0 radical (unpaired) electrons. The lowest BCUT2D eigenvalue weighted by molar-refractivity contribution is 0.0947. The molecular formula is C18H14FN3O3S. The van der Waals surface area contributed by atoms with Gasteiger partial charge in [0, 0.05) is 23.4 Å². The number of hydrogen-bond acceptors (Lipinski definition) is 4. The maximum atomic E-state index is 13.1. The molecule has 6 nitrogen and oxygen atoms in total. The van der Waals surface area contributed by atoms with Crippen molar-refractivity contribution in [3.8, 4) is 11.3 Å². The summed E-state index contributed by atoms with van der Waals surface area (Å²) in [6, 6.07) is 8.79. The number of benzene rings is 1. The molecule has 0 fully saturated rings. The van der Waals surface area contributed by atoms with E-state index in [1.54, 1.807) is 41.1 Å². The van der Waals surface area contributed by atoms with Gasteiger partial charge in [0.2, 0.25) is 0 Å². The van der Waals surface area contributed by atoms with Crippen LogP contribution >= 0.6 is 0 Å². The Morgan fingerprint density at radius 3 is 2.62 bits per heavy atom. The predicted octanol–water partition coefficient (Wildman–Crippen LogP) is 2.18. The molecule has 8 heteroatoms. The molecule has 0 aliphatic carbocycles. The summed E-state index contributed by atoms with van der Waals surface area (Å²) in [4.78, 5) is 16.8. The fourth-order valence-corrected chi connectivity index (χ4v) is 4.04. The molecule has 26 heavy (non-hydrogen) atoms. The van der Waals surface area contributed by atoms with Crippen molar-refractivity contribution in [1.82, 2.24) is 14.7 Å². The molecule has 0 saturated carbocycles. The Kier molecular flexibility index (Phi) is 3.84. The normalized spacial score (nSPS) is 18.3. The Labute approximate surface area is 148 Å². The number of amides is 1. The van der Waals surface area contributed by atoms with Crippen LogP contribution in [0.15, 0.2) is 60.3 Å². The molecule has 0 bridgehead atoms. The summed E-state index contributed by atoms with van der Waals surface area (Å²) in [5, 5.41) is 3.80. The van der Waals surface area contributed by atoms with E-state index in [0.717, 1.165) is 11.0 Å². The number of nitrogens with zero attached hydrogens (tertiary/aromatic N) is 2. The number of imidazole rings is 1. The molecule has 0 saturated heterocycles. The fourth-order valence-electron chi connectivity index (χ4n) is 2.80. The Balaban J connectivity index is 1.58. The zero-order valence-electron chi connectivity index (χ0n) is 13.5. The Morgan fingerprint density at radius 2 is 1.92 bits per heavy atom. The number of carbonyl (C=O) groups is 1. The third kappa shape index (κ3) is 3.23. The number of fused-ring (bicyclic) bond motifs is 1. The number of pyridine rings is 1. The first kappa shape index (κ1) is 16.5. The summed E-state index contributed by atoms with van der Waals surface area (Å²) in [5.41, 5.74) is 2.46. The van der Waals surface area contributed by atoms with Crippen molar-refractivity contribution in [3.05, 3.63) is 71.7 Å². The van der Waals surface area contributed by atoms with Crippen LogP contribution in [0, 0.1) is 5.82 Å². The van der Waals surface area contributed by atoms with Gasteiger partial charge in [-0.1, -0.05) is 0 Å². The standard InChI is InChI=1S/C18H14FN3O3S/c19-14-4-1-12(2-5-14)16-10-22-9-13(3-6-17(22)21-16)18(23)20-15-7-8-26(24,25)11-15/h1-10,15H,11H2,(H,20,23)/t15-/m0/s1. The van der Waals surface area contributed by atoms with Crippen LogP contribution in [-0.2, 0) is 9.84 Å². The van der Waals surface area contributed by atoms with Gasteiger partial charge in [-0.3, -0.25) is 4.79 Å². The zero-order valence-corrected chi connectivity index (χ0v) is 14.3. The van der Waals surface area contributed by atoms with Gasteiger partial charge in [-0.15, -0.1) is 0 Å². The van der Waals surface area contributed by atoms with E-state index in [1.165, 1.54) is 18.2 Å². The Hall–Kier alpha value is -3.00. The molecule has 1 atom stereocenters. The van der Waals surface area contributed by atoms with Gasteiger partial charge in [-0.2, -0.15) is 0 Å². The molecule has 1 aliphatic rings. The highest BCUT2D eigenvalue weighted by Crippen LogP contribution is 2.20. The van der Waals surface area contributed by atoms with Crippen molar-refractivity contribution in [1.29, 1.82) is 0 Å². The van der Waals surface area contributed by atoms with Crippen LogP contribution in [0.2, 0.25) is 0 Å². The molecule has 4 rings (SSSR count). The smallest absolute Gasteiger partial charge is 0.253 e. The third-order valence-corrected chi connectivity index (χ3v) is 5.50. The zero-order chi connectivity index (χ0) is 18.3. The number of carbonyl (C=O) groups excluding carboxylic acids is 1. The monoisotopic (exact) mass is 371 g/mol. The average molecular weight is 371 g/mol. The number of nitrogens with one attached hydrogen (secondary N) is 1. The quantitative estimate of drug-likeness (QED) is 0.765. The first-order valence-electron chi connectivity index (χ1n) is 7.86. The Morgan fingerprint density at radius 1 is 1.15 bits per heavy atom. The van der Waals surface area contributed by atoms with Crippen LogP contribution in [0.1, 0.15) is 10.4 Å². The van der Waals surface area contributed by atoms with Crippen LogP contribution in [0.25, 0.3) is 16.9 Å². The minimum absolute atomic E-state index is 0.124. The molecular weight excluding hydrogens is 357 g/mol. The van der Waals surface area contributed by atoms with Crippen LogP contribution in [0.4, 0.5) is 4.39 Å². The first-order chi connectivity index (χ1) is 12.4. The maximum absolute atomic E-state index is 13.1. The van der Waals surface area contributed by atoms with E-state index in [4.69, 9.17) is 0 Å². The SMILES string of the molecule is O=C(N[C@H]1C=CS(=O)(=O)C1)c1ccc2nc(-c3ccc(F)cc3)cn2c1. The fraction of sp³-hybridized carbons (Fsp3) is 0.111. The van der Waals surface area contributed by atoms with Crippen LogP contribution in [0.5, 0.6) is 0 Å². The summed E-state index contributed by atoms with van der Waals surface area (Å²) in [6.45, 7) is 0. The molecule has 0 unspecified atom stereocenters. The number of rotatable bonds is 3. The van der Waals surface area contributed by atoms with Crippen molar-refractivity contribution in [2.75, 3.05) is 5.75 Å². The highest BCUT2D eigenvalue weighted by Gasteiger charge is 2.23. The van der Waals surface area contributed by atoms with Gasteiger partial charge >= 0.3 is 0 Å². The summed E-state index contributed by atoms with van der Waals surface area (Å²) >= 11 is 0. The third-order valence-electron chi connectivity index (χ3n) is 4.10. The van der Waals surface area contributed by atoms with Gasteiger partial charge in [0.15, 0.2) is 9.84 Å². The molecule has 0 spiro atoms. The number of hydrogen-bond donors (Lipinski definition) is 1. The molecule has 3 aromatic rings. The molecule has 1 N–H and O–H groups in total. The summed E-state index contributed by atoms with van der Waals surface area (Å²) < 4.78 is 37.6. The lowest BCUT2D eigenvalue weighted by Crippen LogP contribution is -2.35. The van der Waals surface area contributed by atoms with Gasteiger partial charge < -0.3 is 9.72 Å². The predicted molar refractivity (Wildman–Crippen MR) is 94.8 cm³/mol. The summed E-state index contributed by atoms with van der Waals surface area (Å²) in [6.07, 6.45) is 4.84. The van der Waals surface area contributed by atoms with E-state index >= 15 is 0 Å². The summed E-state index contributed by atoms with van der Waals surface area (Å²) in [7, 11) is -3.23. The van der Waals surface area contributed by atoms with E-state index in [2.05, 4.69) is 10.3 Å². The second-order valence-electron chi connectivity index (χ2n) is 6.05. The largest absolute Gasteiger partial charge is 0.345 e. The van der Waals surface area contributed by atoms with Gasteiger partial charge in [0.05, 0.1) is 23.1 Å². The van der Waals surface area contributed by atoms with Crippen molar-refractivity contribution in [2.24, 2.45) is 0 Å². The summed E-state index contributed by atoms with van der Waals surface area (Å²) in [5.74, 6) is -0.809. The molecule has 1 aliphatic heterocycles. The molecule has 2 aromatic heterocycles. The molecule has 3 heterocycles. The number of aromatic nitrogens is 2. The highest BCUT2D eigenvalue weighted by atomic mass is 32.2. The highest BCUT2D eigenvalue weighted by molar-refractivity contribution is 7.94. The topological polar surface area (TPSA) is 80.5 Å². The van der Waals surface area contributed by atoms with E-state index in [1.807, 2.05) is 0 Å². The van der Waals surface area contributed by atoms with E-state index in [9.17, 15) is 17.6 Å². The molecule has 1 amide bonds. The number of halogens is 1. The second-order valence-corrected chi connectivity index (χ2v) is 7.99. The van der Waals surface area contributed by atoms with Crippen LogP contribution in [0.3, 0.4) is 0 Å². The van der Waals surface area contributed by atoms with Crippen molar-refractivity contribution in [2.45, 2.75) is 6.04 Å². The lowest BCUT2D eigenvalue weighted by Gasteiger charge is -2.10. The van der Waals surface area contributed by atoms with Crippen LogP contribution in [-0.4, -0.2) is 35.5 Å². The second kappa shape index (κ2) is 6.06. The van der Waals surface area contributed by atoms with Crippen molar-refractivity contribution in [3.63, 3.8) is 0 Å². The average Bonchev–Trinajstić information content (AvgIpc) is 3.17. The van der Waals surface area contributed by atoms with Crippen molar-refractivity contribution >= 4 is 21.4 Å². The lowest BCUT2D eigenvalue weighted by atomic mass is 10.2. The van der Waals surface area contributed by atoms with Gasteiger partial charge in [0.25, 0.3) is 5.91 Å². The van der Waals surface area contributed by atoms with Gasteiger partial charge in [0.1, 0.15) is 11.5 Å².